The van der Waals surface area contributed by atoms with Crippen molar-refractivity contribution < 1.29 is 0 Å². The summed E-state index contributed by atoms with van der Waals surface area (Å²) in [5.74, 6) is 1.54. The molecule has 102 valence electrons. The van der Waals surface area contributed by atoms with E-state index < -0.39 is 0 Å². The molecule has 0 aliphatic heterocycles. The second-order valence-corrected chi connectivity index (χ2v) is 6.49. The van der Waals surface area contributed by atoms with E-state index in [9.17, 15) is 0 Å². The molecule has 17 heavy (non-hydrogen) atoms. The molecule has 0 aromatic heterocycles. The van der Waals surface area contributed by atoms with Crippen LogP contribution in [0.15, 0.2) is 0 Å². The molecule has 0 spiro atoms. The van der Waals surface area contributed by atoms with Crippen molar-refractivity contribution in [1.82, 2.24) is 10.2 Å². The van der Waals surface area contributed by atoms with Crippen LogP contribution >= 0.6 is 0 Å². The van der Waals surface area contributed by atoms with Crippen molar-refractivity contribution in [2.45, 2.75) is 65.5 Å². The van der Waals surface area contributed by atoms with Crippen molar-refractivity contribution in [3.8, 4) is 0 Å². The van der Waals surface area contributed by atoms with E-state index in [-0.39, 0.29) is 0 Å². The summed E-state index contributed by atoms with van der Waals surface area (Å²) in [6, 6.07) is 1.47. The molecule has 0 radical (unpaired) electrons. The van der Waals surface area contributed by atoms with E-state index in [0.717, 1.165) is 17.9 Å². The van der Waals surface area contributed by atoms with Crippen LogP contribution < -0.4 is 5.32 Å². The molecule has 2 heteroatoms. The molecule has 0 saturated heterocycles. The molecule has 1 aliphatic rings. The zero-order valence-corrected chi connectivity index (χ0v) is 12.5. The highest BCUT2D eigenvalue weighted by Gasteiger charge is 2.29. The summed E-state index contributed by atoms with van der Waals surface area (Å²) >= 11 is 0. The van der Waals surface area contributed by atoms with Crippen molar-refractivity contribution in [3.63, 3.8) is 0 Å². The molecule has 2 atom stereocenters. The van der Waals surface area contributed by atoms with Crippen LogP contribution in [0.5, 0.6) is 0 Å². The van der Waals surface area contributed by atoms with Crippen molar-refractivity contribution in [1.29, 1.82) is 0 Å². The standard InChI is InChI=1S/C15H32N2/c1-12(2)10-17(11-13(3)4)15-9-7-6-8-14(15)16-5/h12-16H,6-11H2,1-5H3. The Labute approximate surface area is 108 Å². The van der Waals surface area contributed by atoms with Gasteiger partial charge >= 0.3 is 0 Å². The summed E-state index contributed by atoms with van der Waals surface area (Å²) in [5.41, 5.74) is 0. The molecule has 0 aromatic rings. The summed E-state index contributed by atoms with van der Waals surface area (Å²) < 4.78 is 0. The fraction of sp³-hybridized carbons (Fsp3) is 1.00. The van der Waals surface area contributed by atoms with Gasteiger partial charge in [0, 0.05) is 25.2 Å². The predicted octanol–water partition coefficient (Wildman–Crippen LogP) is 3.13. The van der Waals surface area contributed by atoms with Gasteiger partial charge in [-0.25, -0.2) is 0 Å². The topological polar surface area (TPSA) is 15.3 Å². The minimum Gasteiger partial charge on any atom is -0.315 e. The third-order valence-electron chi connectivity index (χ3n) is 3.77. The molecular formula is C15H32N2. The van der Waals surface area contributed by atoms with Gasteiger partial charge in [-0.05, 0) is 31.7 Å². The van der Waals surface area contributed by atoms with Gasteiger partial charge in [0.1, 0.15) is 0 Å². The molecule has 0 amide bonds. The van der Waals surface area contributed by atoms with Crippen molar-refractivity contribution in [3.05, 3.63) is 0 Å². The molecule has 1 saturated carbocycles. The number of hydrogen-bond donors (Lipinski definition) is 1. The van der Waals surface area contributed by atoms with Gasteiger partial charge in [0.25, 0.3) is 0 Å². The van der Waals surface area contributed by atoms with Gasteiger partial charge in [-0.1, -0.05) is 40.5 Å². The van der Waals surface area contributed by atoms with Crippen LogP contribution in [-0.4, -0.2) is 37.1 Å². The van der Waals surface area contributed by atoms with E-state index in [1.807, 2.05) is 0 Å². The number of nitrogens with zero attached hydrogens (tertiary/aromatic N) is 1. The minimum absolute atomic E-state index is 0.709. The van der Waals surface area contributed by atoms with E-state index in [4.69, 9.17) is 0 Å². The van der Waals surface area contributed by atoms with E-state index in [2.05, 4.69) is 45.0 Å². The highest BCUT2D eigenvalue weighted by atomic mass is 15.2. The van der Waals surface area contributed by atoms with Gasteiger partial charge < -0.3 is 5.32 Å². The monoisotopic (exact) mass is 240 g/mol. The normalized spacial score (nSPS) is 26.1. The Morgan fingerprint density at radius 1 is 1.00 bits per heavy atom. The predicted molar refractivity (Wildman–Crippen MR) is 76.4 cm³/mol. The van der Waals surface area contributed by atoms with Crippen LogP contribution in [0, 0.1) is 11.8 Å². The van der Waals surface area contributed by atoms with Gasteiger partial charge in [0.2, 0.25) is 0 Å². The molecule has 1 N–H and O–H groups in total. The first-order chi connectivity index (χ1) is 8.04. The van der Waals surface area contributed by atoms with E-state index in [0.29, 0.717) is 6.04 Å². The average molecular weight is 240 g/mol. The van der Waals surface area contributed by atoms with Crippen LogP contribution in [-0.2, 0) is 0 Å². The Bertz CT molecular complexity index is 191. The van der Waals surface area contributed by atoms with Gasteiger partial charge in [-0.3, -0.25) is 4.90 Å². The van der Waals surface area contributed by atoms with Crippen molar-refractivity contribution >= 4 is 0 Å². The minimum atomic E-state index is 0.709. The zero-order valence-electron chi connectivity index (χ0n) is 12.5. The molecule has 1 fully saturated rings. The van der Waals surface area contributed by atoms with Gasteiger partial charge in [-0.2, -0.15) is 0 Å². The maximum atomic E-state index is 3.54. The molecule has 1 aliphatic carbocycles. The smallest absolute Gasteiger partial charge is 0.0249 e. The number of rotatable bonds is 6. The van der Waals surface area contributed by atoms with E-state index >= 15 is 0 Å². The third-order valence-corrected chi connectivity index (χ3v) is 3.77. The second-order valence-electron chi connectivity index (χ2n) is 6.49. The highest BCUT2D eigenvalue weighted by Crippen LogP contribution is 2.24. The molecule has 0 aromatic carbocycles. The first kappa shape index (κ1) is 15.0. The van der Waals surface area contributed by atoms with Gasteiger partial charge in [-0.15, -0.1) is 0 Å². The molecule has 0 bridgehead atoms. The third kappa shape index (κ3) is 4.97. The summed E-state index contributed by atoms with van der Waals surface area (Å²) in [4.78, 5) is 2.75. The summed E-state index contributed by atoms with van der Waals surface area (Å²) in [6.07, 6.45) is 5.55. The maximum Gasteiger partial charge on any atom is 0.0249 e. The molecule has 0 heterocycles. The number of nitrogens with one attached hydrogen (secondary N) is 1. The van der Waals surface area contributed by atoms with Gasteiger partial charge in [0.05, 0.1) is 0 Å². The Balaban J connectivity index is 2.64. The van der Waals surface area contributed by atoms with Crippen molar-refractivity contribution in [2.75, 3.05) is 20.1 Å². The Morgan fingerprint density at radius 2 is 1.53 bits per heavy atom. The molecular weight excluding hydrogens is 208 g/mol. The van der Waals surface area contributed by atoms with Crippen LogP contribution in [0.25, 0.3) is 0 Å². The quantitative estimate of drug-likeness (QED) is 0.767. The average Bonchev–Trinajstić information content (AvgIpc) is 2.27. The molecule has 1 rings (SSSR count). The zero-order chi connectivity index (χ0) is 12.8. The van der Waals surface area contributed by atoms with Crippen molar-refractivity contribution in [2.24, 2.45) is 11.8 Å². The van der Waals surface area contributed by atoms with Crippen LogP contribution in [0.4, 0.5) is 0 Å². The molecule has 2 nitrogen and oxygen atoms in total. The summed E-state index contributed by atoms with van der Waals surface area (Å²) in [7, 11) is 2.13. The summed E-state index contributed by atoms with van der Waals surface area (Å²) in [6.45, 7) is 11.9. The molecule has 2 unspecified atom stereocenters. The van der Waals surface area contributed by atoms with Crippen LogP contribution in [0.3, 0.4) is 0 Å². The van der Waals surface area contributed by atoms with Gasteiger partial charge in [0.15, 0.2) is 0 Å². The van der Waals surface area contributed by atoms with E-state index in [1.165, 1.54) is 38.8 Å². The lowest BCUT2D eigenvalue weighted by Crippen LogP contribution is -2.52. The lowest BCUT2D eigenvalue weighted by Gasteiger charge is -2.41. The first-order valence-electron chi connectivity index (χ1n) is 7.46. The first-order valence-corrected chi connectivity index (χ1v) is 7.46. The Morgan fingerprint density at radius 3 is 2.00 bits per heavy atom. The fourth-order valence-corrected chi connectivity index (χ4v) is 3.17. The maximum absolute atomic E-state index is 3.54. The number of hydrogen-bond acceptors (Lipinski definition) is 2. The fourth-order valence-electron chi connectivity index (χ4n) is 3.17. The SMILES string of the molecule is CNC1CCCCC1N(CC(C)C)CC(C)C. The highest BCUT2D eigenvalue weighted by molar-refractivity contribution is 4.88. The lowest BCUT2D eigenvalue weighted by molar-refractivity contribution is 0.0995. The summed E-state index contributed by atoms with van der Waals surface area (Å²) in [5, 5.41) is 3.54. The lowest BCUT2D eigenvalue weighted by atomic mass is 9.88. The van der Waals surface area contributed by atoms with Crippen LogP contribution in [0.2, 0.25) is 0 Å². The van der Waals surface area contributed by atoms with Crippen LogP contribution in [0.1, 0.15) is 53.4 Å². The Hall–Kier alpha value is -0.0800. The van der Waals surface area contributed by atoms with E-state index in [1.54, 1.807) is 0 Å². The second kappa shape index (κ2) is 7.38. The Kier molecular flexibility index (Phi) is 6.50. The number of likely N-dealkylation sites (N-methyl/N-ethyl adjacent to an activating group) is 1. The largest absolute Gasteiger partial charge is 0.315 e.